The Hall–Kier alpha value is -2.25. The number of rotatable bonds is 1. The Kier molecular flexibility index (Phi) is 2.54. The quantitative estimate of drug-likeness (QED) is 0.463. The Balaban J connectivity index is 2.11. The van der Waals surface area contributed by atoms with Gasteiger partial charge < -0.3 is 4.98 Å². The fourth-order valence-electron chi connectivity index (χ4n) is 2.77. The largest absolute Gasteiger partial charge is 0.354 e. The summed E-state index contributed by atoms with van der Waals surface area (Å²) in [5.74, 6) is 0. The van der Waals surface area contributed by atoms with Gasteiger partial charge in [-0.15, -0.1) is 0 Å². The van der Waals surface area contributed by atoms with E-state index in [4.69, 9.17) is 11.6 Å². The number of halogens is 1. The maximum atomic E-state index is 5.99. The van der Waals surface area contributed by atoms with E-state index in [-0.39, 0.29) is 0 Å². The number of aromatic nitrogens is 1. The molecular weight excluding hydrogens is 266 g/mol. The minimum atomic E-state index is 0.764. The molecule has 96 valence electrons. The second-order valence-corrected chi connectivity index (χ2v) is 5.34. The Bertz CT molecular complexity index is 904. The molecule has 1 N–H and O–H groups in total. The molecule has 0 atom stereocenters. The van der Waals surface area contributed by atoms with Gasteiger partial charge in [-0.25, -0.2) is 0 Å². The summed E-state index contributed by atoms with van der Waals surface area (Å²) in [6.07, 6.45) is 0. The van der Waals surface area contributed by atoms with Crippen LogP contribution in [0.25, 0.3) is 32.9 Å². The van der Waals surface area contributed by atoms with Crippen molar-refractivity contribution in [2.45, 2.75) is 0 Å². The molecule has 1 aromatic heterocycles. The number of para-hydroxylation sites is 1. The first kappa shape index (κ1) is 11.6. The highest BCUT2D eigenvalue weighted by atomic mass is 35.5. The highest BCUT2D eigenvalue weighted by Crippen LogP contribution is 2.34. The molecule has 0 saturated heterocycles. The van der Waals surface area contributed by atoms with Crippen LogP contribution in [0.4, 0.5) is 0 Å². The van der Waals surface area contributed by atoms with E-state index in [1.54, 1.807) is 0 Å². The summed E-state index contributed by atoms with van der Waals surface area (Å²) in [5, 5.41) is 3.29. The molecule has 0 saturated carbocycles. The lowest BCUT2D eigenvalue weighted by Crippen LogP contribution is -1.79. The summed E-state index contributed by atoms with van der Waals surface area (Å²) in [6, 6.07) is 22.8. The third-order valence-corrected chi connectivity index (χ3v) is 3.94. The van der Waals surface area contributed by atoms with Crippen LogP contribution >= 0.6 is 11.6 Å². The van der Waals surface area contributed by atoms with Gasteiger partial charge >= 0.3 is 0 Å². The van der Waals surface area contributed by atoms with Gasteiger partial charge in [-0.2, -0.15) is 0 Å². The van der Waals surface area contributed by atoms with Gasteiger partial charge in [-0.1, -0.05) is 54.1 Å². The summed E-state index contributed by atoms with van der Waals surface area (Å²) in [5.41, 5.74) is 4.75. The van der Waals surface area contributed by atoms with E-state index in [0.29, 0.717) is 0 Å². The fourth-order valence-corrected chi connectivity index (χ4v) is 2.90. The van der Waals surface area contributed by atoms with E-state index < -0.39 is 0 Å². The lowest BCUT2D eigenvalue weighted by atomic mass is 9.99. The SMILES string of the molecule is Clc1ccc(-c2cccc3[nH]c4ccccc4c23)cc1. The fraction of sp³-hybridized carbons (Fsp3) is 0. The molecule has 0 aliphatic rings. The summed E-state index contributed by atoms with van der Waals surface area (Å²) in [6.45, 7) is 0. The van der Waals surface area contributed by atoms with Crippen molar-refractivity contribution < 1.29 is 0 Å². The number of benzene rings is 3. The van der Waals surface area contributed by atoms with E-state index in [1.807, 2.05) is 12.1 Å². The molecule has 0 radical (unpaired) electrons. The molecule has 0 fully saturated rings. The first-order chi connectivity index (χ1) is 9.83. The third-order valence-electron chi connectivity index (χ3n) is 3.69. The van der Waals surface area contributed by atoms with Crippen molar-refractivity contribution in [3.63, 3.8) is 0 Å². The molecule has 4 aromatic rings. The highest BCUT2D eigenvalue weighted by molar-refractivity contribution is 6.30. The van der Waals surface area contributed by atoms with Gasteiger partial charge in [0.05, 0.1) is 0 Å². The average Bonchev–Trinajstić information content (AvgIpc) is 2.86. The van der Waals surface area contributed by atoms with Crippen LogP contribution in [0.3, 0.4) is 0 Å². The van der Waals surface area contributed by atoms with Gasteiger partial charge in [0, 0.05) is 26.8 Å². The zero-order valence-electron chi connectivity index (χ0n) is 10.7. The van der Waals surface area contributed by atoms with E-state index in [0.717, 1.165) is 5.02 Å². The molecule has 4 rings (SSSR count). The molecule has 0 spiro atoms. The molecule has 0 unspecified atom stereocenters. The maximum absolute atomic E-state index is 5.99. The predicted molar refractivity (Wildman–Crippen MR) is 86.3 cm³/mol. The number of aromatic amines is 1. The summed E-state index contributed by atoms with van der Waals surface area (Å²) >= 11 is 5.99. The van der Waals surface area contributed by atoms with Crippen molar-refractivity contribution in [1.82, 2.24) is 4.98 Å². The normalized spacial score (nSPS) is 11.2. The van der Waals surface area contributed by atoms with Crippen molar-refractivity contribution in [2.75, 3.05) is 0 Å². The number of fused-ring (bicyclic) bond motifs is 3. The van der Waals surface area contributed by atoms with Crippen molar-refractivity contribution in [3.8, 4) is 11.1 Å². The first-order valence-electron chi connectivity index (χ1n) is 6.58. The van der Waals surface area contributed by atoms with E-state index in [2.05, 4.69) is 59.6 Å². The lowest BCUT2D eigenvalue weighted by Gasteiger charge is -2.04. The molecule has 3 aromatic carbocycles. The topological polar surface area (TPSA) is 15.8 Å². The number of hydrogen-bond donors (Lipinski definition) is 1. The van der Waals surface area contributed by atoms with Gasteiger partial charge in [-0.3, -0.25) is 0 Å². The van der Waals surface area contributed by atoms with Crippen molar-refractivity contribution in [1.29, 1.82) is 0 Å². The Morgan fingerprint density at radius 1 is 0.700 bits per heavy atom. The predicted octanol–water partition coefficient (Wildman–Crippen LogP) is 5.64. The van der Waals surface area contributed by atoms with Gasteiger partial charge in [-0.05, 0) is 35.4 Å². The summed E-state index contributed by atoms with van der Waals surface area (Å²) in [7, 11) is 0. The van der Waals surface area contributed by atoms with Crippen molar-refractivity contribution >= 4 is 33.4 Å². The van der Waals surface area contributed by atoms with Crippen LogP contribution in [0.15, 0.2) is 66.7 Å². The molecule has 1 nitrogen and oxygen atoms in total. The molecule has 0 aliphatic heterocycles. The minimum Gasteiger partial charge on any atom is -0.354 e. The van der Waals surface area contributed by atoms with Crippen LogP contribution in [0, 0.1) is 0 Å². The molecule has 0 bridgehead atoms. The van der Waals surface area contributed by atoms with E-state index >= 15 is 0 Å². The Morgan fingerprint density at radius 3 is 2.30 bits per heavy atom. The molecule has 0 amide bonds. The Labute approximate surface area is 121 Å². The highest BCUT2D eigenvalue weighted by Gasteiger charge is 2.09. The smallest absolute Gasteiger partial charge is 0.0471 e. The number of hydrogen-bond acceptors (Lipinski definition) is 0. The second kappa shape index (κ2) is 4.39. The average molecular weight is 278 g/mol. The zero-order chi connectivity index (χ0) is 13.5. The van der Waals surface area contributed by atoms with E-state index in [9.17, 15) is 0 Å². The molecule has 1 heterocycles. The van der Waals surface area contributed by atoms with Crippen molar-refractivity contribution in [3.05, 3.63) is 71.8 Å². The van der Waals surface area contributed by atoms with Gasteiger partial charge in [0.1, 0.15) is 0 Å². The van der Waals surface area contributed by atoms with E-state index in [1.165, 1.54) is 32.9 Å². The van der Waals surface area contributed by atoms with Crippen LogP contribution in [-0.2, 0) is 0 Å². The maximum Gasteiger partial charge on any atom is 0.0471 e. The minimum absolute atomic E-state index is 0.764. The molecule has 2 heteroatoms. The van der Waals surface area contributed by atoms with Crippen molar-refractivity contribution in [2.24, 2.45) is 0 Å². The van der Waals surface area contributed by atoms with Crippen LogP contribution < -0.4 is 0 Å². The van der Waals surface area contributed by atoms with Gasteiger partial charge in [0.15, 0.2) is 0 Å². The second-order valence-electron chi connectivity index (χ2n) is 4.91. The molecule has 0 aliphatic carbocycles. The van der Waals surface area contributed by atoms with Crippen LogP contribution in [0.5, 0.6) is 0 Å². The summed E-state index contributed by atoms with van der Waals surface area (Å²) < 4.78 is 0. The molecule has 20 heavy (non-hydrogen) atoms. The summed E-state index contributed by atoms with van der Waals surface area (Å²) in [4.78, 5) is 3.47. The molecular formula is C18H12ClN. The van der Waals surface area contributed by atoms with Gasteiger partial charge in [0.2, 0.25) is 0 Å². The zero-order valence-corrected chi connectivity index (χ0v) is 11.5. The first-order valence-corrected chi connectivity index (χ1v) is 6.96. The van der Waals surface area contributed by atoms with Crippen LogP contribution in [0.2, 0.25) is 5.02 Å². The monoisotopic (exact) mass is 277 g/mol. The standard InChI is InChI=1S/C18H12ClN/c19-13-10-8-12(9-11-13)14-5-3-7-17-18(14)15-4-1-2-6-16(15)20-17/h1-11,20H. The lowest BCUT2D eigenvalue weighted by molar-refractivity contribution is 1.54. The van der Waals surface area contributed by atoms with Gasteiger partial charge in [0.25, 0.3) is 0 Å². The number of nitrogens with one attached hydrogen (secondary N) is 1. The van der Waals surface area contributed by atoms with Crippen LogP contribution in [-0.4, -0.2) is 4.98 Å². The van der Waals surface area contributed by atoms with Crippen LogP contribution in [0.1, 0.15) is 0 Å². The number of H-pyrrole nitrogens is 1. The third kappa shape index (κ3) is 1.71. The Morgan fingerprint density at radius 2 is 1.45 bits per heavy atom.